The van der Waals surface area contributed by atoms with E-state index in [4.69, 9.17) is 5.73 Å². The number of hydrogen-bond acceptors (Lipinski definition) is 5. The van der Waals surface area contributed by atoms with Crippen molar-refractivity contribution >= 4 is 9.84 Å². The number of nitrogens with zero attached hydrogens (tertiary/aromatic N) is 1. The van der Waals surface area contributed by atoms with E-state index in [1.165, 1.54) is 6.42 Å². The minimum absolute atomic E-state index is 0.123. The average Bonchev–Trinajstić information content (AvgIpc) is 2.59. The van der Waals surface area contributed by atoms with E-state index in [2.05, 4.69) is 0 Å². The molecule has 2 aliphatic rings. The fraction of sp³-hybridized carbons (Fsp3) is 0.714. The van der Waals surface area contributed by atoms with Crippen molar-refractivity contribution in [2.75, 3.05) is 12.8 Å². The number of likely N-dealkylation sites (N-methyl/N-ethyl adjacent to an activating group) is 1. The van der Waals surface area contributed by atoms with Crippen LogP contribution in [0.5, 0.6) is 0 Å². The van der Waals surface area contributed by atoms with Crippen molar-refractivity contribution < 1.29 is 13.5 Å². The number of benzene rings is 1. The van der Waals surface area contributed by atoms with Gasteiger partial charge in [0, 0.05) is 12.1 Å². The first-order chi connectivity index (χ1) is 12.9. The van der Waals surface area contributed by atoms with Crippen molar-refractivity contribution in [1.82, 2.24) is 4.90 Å². The predicted molar refractivity (Wildman–Crippen MR) is 109 cm³/mol. The van der Waals surface area contributed by atoms with Gasteiger partial charge in [-0.25, -0.2) is 8.42 Å². The molecule has 1 aromatic carbocycles. The lowest BCUT2D eigenvalue weighted by Gasteiger charge is -2.42. The number of aliphatic hydroxyl groups excluding tert-OH is 1. The topological polar surface area (TPSA) is 83.6 Å². The molecule has 0 saturated heterocycles. The van der Waals surface area contributed by atoms with E-state index in [0.29, 0.717) is 6.04 Å². The van der Waals surface area contributed by atoms with Gasteiger partial charge in [0.05, 0.1) is 11.5 Å². The van der Waals surface area contributed by atoms with Crippen LogP contribution in [0.15, 0.2) is 30.3 Å². The Morgan fingerprint density at radius 1 is 1.11 bits per heavy atom. The molecule has 3 N–H and O–H groups in total. The molecule has 2 fully saturated rings. The molecule has 0 aliphatic heterocycles. The molecule has 5 nitrogen and oxygen atoms in total. The summed E-state index contributed by atoms with van der Waals surface area (Å²) < 4.78 is 25.0. The van der Waals surface area contributed by atoms with E-state index in [1.54, 1.807) is 0 Å². The van der Waals surface area contributed by atoms with Gasteiger partial charge in [-0.05, 0) is 63.0 Å². The normalized spacial score (nSPS) is 26.5. The predicted octanol–water partition coefficient (Wildman–Crippen LogP) is 2.54. The summed E-state index contributed by atoms with van der Waals surface area (Å²) in [4.78, 5) is 2.03. The van der Waals surface area contributed by atoms with Gasteiger partial charge in [0.2, 0.25) is 0 Å². The van der Waals surface area contributed by atoms with Gasteiger partial charge >= 0.3 is 0 Å². The molecule has 2 atom stereocenters. The zero-order valence-corrected chi connectivity index (χ0v) is 17.2. The molecule has 0 spiro atoms. The lowest BCUT2D eigenvalue weighted by Crippen LogP contribution is -2.55. The van der Waals surface area contributed by atoms with Gasteiger partial charge in [-0.15, -0.1) is 0 Å². The van der Waals surface area contributed by atoms with Crippen LogP contribution in [-0.4, -0.2) is 49.5 Å². The highest BCUT2D eigenvalue weighted by atomic mass is 32.2. The second-order valence-corrected chi connectivity index (χ2v) is 10.7. The third-order valence-corrected chi connectivity index (χ3v) is 8.32. The Labute approximate surface area is 163 Å². The van der Waals surface area contributed by atoms with Crippen LogP contribution < -0.4 is 5.73 Å². The van der Waals surface area contributed by atoms with Crippen LogP contribution in [0.1, 0.15) is 50.5 Å². The molecule has 1 unspecified atom stereocenters. The Hall–Kier alpha value is -0.950. The zero-order valence-electron chi connectivity index (χ0n) is 16.3. The second kappa shape index (κ2) is 9.03. The maximum Gasteiger partial charge on any atom is 0.154 e. The molecule has 152 valence electrons. The molecule has 0 radical (unpaired) electrons. The minimum atomic E-state index is -3.10. The van der Waals surface area contributed by atoms with Gasteiger partial charge in [-0.1, -0.05) is 36.8 Å². The molecular formula is C21H34N2O3S. The standard InChI is InChI=1S/C21H34N2O3S/c1-23(19-8-5-9-19)21(24)20(22)18-12-10-17(11-13-18)15-27(25,26)14-16-6-3-2-4-7-16/h2-4,6-7,17-21,24H,5,8-15,22H2,1H3/t17?,18?,20-,21?/m0/s1. The number of rotatable bonds is 8. The molecule has 0 aromatic heterocycles. The second-order valence-electron chi connectivity index (χ2n) is 8.56. The summed E-state index contributed by atoms with van der Waals surface area (Å²) in [6.45, 7) is 0. The first-order valence-corrected chi connectivity index (χ1v) is 12.1. The lowest BCUT2D eigenvalue weighted by atomic mass is 9.78. The molecular weight excluding hydrogens is 360 g/mol. The first kappa shape index (κ1) is 20.8. The molecule has 1 aromatic rings. The Morgan fingerprint density at radius 2 is 1.74 bits per heavy atom. The van der Waals surface area contributed by atoms with Gasteiger partial charge < -0.3 is 10.8 Å². The first-order valence-electron chi connectivity index (χ1n) is 10.3. The van der Waals surface area contributed by atoms with Gasteiger partial charge in [-0.2, -0.15) is 0 Å². The highest BCUT2D eigenvalue weighted by Gasteiger charge is 2.35. The fourth-order valence-electron chi connectivity index (χ4n) is 4.51. The SMILES string of the molecule is CN(C1CCC1)C(O)[C@@H](N)C1CCC(CS(=O)(=O)Cc2ccccc2)CC1. The average molecular weight is 395 g/mol. The highest BCUT2D eigenvalue weighted by Crippen LogP contribution is 2.34. The van der Waals surface area contributed by atoms with Crippen LogP contribution in [-0.2, 0) is 15.6 Å². The van der Waals surface area contributed by atoms with E-state index in [9.17, 15) is 13.5 Å². The number of sulfone groups is 1. The van der Waals surface area contributed by atoms with E-state index in [0.717, 1.165) is 44.1 Å². The van der Waals surface area contributed by atoms with Crippen LogP contribution >= 0.6 is 0 Å². The van der Waals surface area contributed by atoms with Crippen molar-refractivity contribution in [3.63, 3.8) is 0 Å². The summed E-state index contributed by atoms with van der Waals surface area (Å²) in [6.07, 6.45) is 6.50. The van der Waals surface area contributed by atoms with Crippen molar-refractivity contribution in [3.8, 4) is 0 Å². The molecule has 3 rings (SSSR count). The van der Waals surface area contributed by atoms with Crippen LogP contribution in [0.3, 0.4) is 0 Å². The van der Waals surface area contributed by atoms with Crippen LogP contribution in [0, 0.1) is 11.8 Å². The van der Waals surface area contributed by atoms with E-state index in [1.807, 2.05) is 42.3 Å². The minimum Gasteiger partial charge on any atom is -0.377 e. The van der Waals surface area contributed by atoms with Gasteiger partial charge in [0.25, 0.3) is 0 Å². The summed E-state index contributed by atoms with van der Waals surface area (Å²) in [7, 11) is -1.13. The molecule has 2 aliphatic carbocycles. The lowest BCUT2D eigenvalue weighted by molar-refractivity contribution is -0.0579. The van der Waals surface area contributed by atoms with Crippen LogP contribution in [0.2, 0.25) is 0 Å². The van der Waals surface area contributed by atoms with E-state index in [-0.39, 0.29) is 29.4 Å². The molecule has 2 saturated carbocycles. The number of hydrogen-bond donors (Lipinski definition) is 2. The van der Waals surface area contributed by atoms with Crippen LogP contribution in [0.4, 0.5) is 0 Å². The third-order valence-electron chi connectivity index (χ3n) is 6.57. The Bertz CT molecular complexity index is 683. The zero-order chi connectivity index (χ0) is 19.4. The fourth-order valence-corrected chi connectivity index (χ4v) is 6.38. The monoisotopic (exact) mass is 394 g/mol. The highest BCUT2D eigenvalue weighted by molar-refractivity contribution is 7.90. The van der Waals surface area contributed by atoms with Gasteiger partial charge in [0.15, 0.2) is 9.84 Å². The molecule has 6 heteroatoms. The Kier molecular flexibility index (Phi) is 6.95. The number of aliphatic hydroxyl groups is 1. The Balaban J connectivity index is 1.46. The molecule has 0 amide bonds. The van der Waals surface area contributed by atoms with E-state index < -0.39 is 16.1 Å². The summed E-state index contributed by atoms with van der Waals surface area (Å²) in [6, 6.07) is 9.61. The maximum absolute atomic E-state index is 12.5. The largest absolute Gasteiger partial charge is 0.377 e. The quantitative estimate of drug-likeness (QED) is 0.662. The molecule has 0 bridgehead atoms. The van der Waals surface area contributed by atoms with Crippen molar-refractivity contribution in [1.29, 1.82) is 0 Å². The van der Waals surface area contributed by atoms with Gasteiger partial charge in [-0.3, -0.25) is 4.90 Å². The van der Waals surface area contributed by atoms with E-state index >= 15 is 0 Å². The van der Waals surface area contributed by atoms with Crippen molar-refractivity contribution in [2.24, 2.45) is 17.6 Å². The summed E-state index contributed by atoms with van der Waals surface area (Å²) >= 11 is 0. The van der Waals surface area contributed by atoms with Crippen molar-refractivity contribution in [3.05, 3.63) is 35.9 Å². The number of nitrogens with two attached hydrogens (primary N) is 1. The summed E-state index contributed by atoms with van der Waals surface area (Å²) in [5.74, 6) is 0.867. The molecule has 0 heterocycles. The third kappa shape index (κ3) is 5.53. The van der Waals surface area contributed by atoms with Crippen molar-refractivity contribution in [2.45, 2.75) is 69.0 Å². The van der Waals surface area contributed by atoms with Gasteiger partial charge in [0.1, 0.15) is 6.23 Å². The van der Waals surface area contributed by atoms with Crippen LogP contribution in [0.25, 0.3) is 0 Å². The summed E-state index contributed by atoms with van der Waals surface area (Å²) in [5, 5.41) is 10.6. The summed E-state index contributed by atoms with van der Waals surface area (Å²) in [5.41, 5.74) is 7.23. The maximum atomic E-state index is 12.5. The molecule has 27 heavy (non-hydrogen) atoms. The smallest absolute Gasteiger partial charge is 0.154 e. The Morgan fingerprint density at radius 3 is 2.30 bits per heavy atom.